The number of aryl methyl sites for hydroxylation is 4. The number of hydrogen-bond acceptors (Lipinski definition) is 4. The minimum atomic E-state index is -0.644. The van der Waals surface area contributed by atoms with Gasteiger partial charge in [0.2, 0.25) is 0 Å². The Labute approximate surface area is 179 Å². The van der Waals surface area contributed by atoms with Gasteiger partial charge in [-0.1, -0.05) is 23.8 Å². The Morgan fingerprint density at radius 3 is 2.30 bits per heavy atom. The van der Waals surface area contributed by atoms with Crippen LogP contribution in [-0.4, -0.2) is 16.7 Å². The fourth-order valence-electron chi connectivity index (χ4n) is 4.09. The molecule has 0 N–H and O–H groups in total. The summed E-state index contributed by atoms with van der Waals surface area (Å²) in [5, 5.41) is 0. The maximum atomic E-state index is 13.5. The zero-order chi connectivity index (χ0) is 22.2. The first-order chi connectivity index (χ1) is 14.0. The molecule has 0 amide bonds. The van der Waals surface area contributed by atoms with Crippen molar-refractivity contribution in [2.45, 2.75) is 61.3 Å². The van der Waals surface area contributed by atoms with E-state index in [9.17, 15) is 9.59 Å². The second-order valence-corrected chi connectivity index (χ2v) is 9.45. The van der Waals surface area contributed by atoms with E-state index >= 15 is 0 Å². The lowest BCUT2D eigenvalue weighted by atomic mass is 9.90. The summed E-state index contributed by atoms with van der Waals surface area (Å²) < 4.78 is 5.84. The molecule has 3 rings (SSSR count). The lowest BCUT2D eigenvalue weighted by molar-refractivity contribution is -0.148. The smallest absolute Gasteiger partial charge is 0.316 e. The van der Waals surface area contributed by atoms with Gasteiger partial charge in [0, 0.05) is 30.1 Å². The van der Waals surface area contributed by atoms with Crippen molar-refractivity contribution in [3.63, 3.8) is 0 Å². The zero-order valence-electron chi connectivity index (χ0n) is 19.1. The average molecular weight is 406 g/mol. The van der Waals surface area contributed by atoms with Gasteiger partial charge in [-0.15, -0.1) is 0 Å². The van der Waals surface area contributed by atoms with Crippen LogP contribution in [0.15, 0.2) is 36.1 Å². The maximum absolute atomic E-state index is 13.5. The second-order valence-electron chi connectivity index (χ2n) is 9.45. The van der Waals surface area contributed by atoms with Gasteiger partial charge < -0.3 is 4.74 Å². The Bertz CT molecular complexity index is 1020. The predicted octanol–water partition coefficient (Wildman–Crippen LogP) is 5.45. The van der Waals surface area contributed by atoms with Crippen LogP contribution in [0.2, 0.25) is 0 Å². The van der Waals surface area contributed by atoms with Gasteiger partial charge in [-0.2, -0.15) is 0 Å². The largest absolute Gasteiger partial charge is 0.430 e. The highest BCUT2D eigenvalue weighted by molar-refractivity contribution is 6.25. The van der Waals surface area contributed by atoms with E-state index in [1.54, 1.807) is 0 Å². The standard InChI is InChI=1S/C26H31NO3/c1-15-11-16(2)22(17(3)12-15)23-21(30-25(29)26(5,6)7)14-19(24(23)28)13-20-10-8-9-18(4)27-20/h8-12,19H,13-14H2,1-7H3. The number of rotatable bonds is 4. The van der Waals surface area contributed by atoms with Crippen LogP contribution in [0.4, 0.5) is 0 Å². The molecule has 0 saturated carbocycles. The first-order valence-electron chi connectivity index (χ1n) is 10.5. The number of nitrogens with zero attached hydrogens (tertiary/aromatic N) is 1. The number of ether oxygens (including phenoxy) is 1. The van der Waals surface area contributed by atoms with E-state index in [1.807, 2.05) is 66.7 Å². The molecule has 0 fully saturated rings. The number of benzene rings is 1. The SMILES string of the molecule is Cc1cc(C)c(C2=C(OC(=O)C(C)(C)C)CC(Cc3cccc(C)n3)C2=O)c(C)c1. The first-order valence-corrected chi connectivity index (χ1v) is 10.5. The summed E-state index contributed by atoms with van der Waals surface area (Å²) in [5.74, 6) is -0.0746. The number of aromatic nitrogens is 1. The van der Waals surface area contributed by atoms with Crippen molar-refractivity contribution in [1.29, 1.82) is 0 Å². The van der Waals surface area contributed by atoms with E-state index in [1.165, 1.54) is 0 Å². The summed E-state index contributed by atoms with van der Waals surface area (Å²) in [4.78, 5) is 30.8. The molecule has 1 atom stereocenters. The molecule has 0 aliphatic heterocycles. The fraction of sp³-hybridized carbons (Fsp3) is 0.423. The molecule has 1 aromatic carbocycles. The minimum absolute atomic E-state index is 0.0325. The summed E-state index contributed by atoms with van der Waals surface area (Å²) in [7, 11) is 0. The summed E-state index contributed by atoms with van der Waals surface area (Å²) >= 11 is 0. The quantitative estimate of drug-likeness (QED) is 0.635. The van der Waals surface area contributed by atoms with Crippen molar-refractivity contribution in [1.82, 2.24) is 4.98 Å². The van der Waals surface area contributed by atoms with E-state index < -0.39 is 5.41 Å². The summed E-state index contributed by atoms with van der Waals surface area (Å²) in [6, 6.07) is 9.99. The fourth-order valence-corrected chi connectivity index (χ4v) is 4.09. The number of ketones is 1. The number of carbonyl (C=O) groups excluding carboxylic acids is 2. The highest BCUT2D eigenvalue weighted by atomic mass is 16.5. The average Bonchev–Trinajstić information content (AvgIpc) is 2.89. The molecule has 1 heterocycles. The van der Waals surface area contributed by atoms with Crippen LogP contribution in [-0.2, 0) is 20.7 Å². The Kier molecular flexibility index (Phi) is 5.98. The van der Waals surface area contributed by atoms with Crippen LogP contribution in [0.5, 0.6) is 0 Å². The van der Waals surface area contributed by atoms with E-state index in [0.717, 1.165) is 33.6 Å². The molecular formula is C26H31NO3. The molecule has 2 aromatic rings. The number of hydrogen-bond donors (Lipinski definition) is 0. The van der Waals surface area contributed by atoms with Crippen LogP contribution in [0, 0.1) is 39.0 Å². The molecule has 0 bridgehead atoms. The molecule has 0 saturated heterocycles. The van der Waals surface area contributed by atoms with Gasteiger partial charge in [0.05, 0.1) is 11.0 Å². The van der Waals surface area contributed by atoms with Crippen molar-refractivity contribution in [3.8, 4) is 0 Å². The van der Waals surface area contributed by atoms with Gasteiger partial charge in [-0.25, -0.2) is 0 Å². The van der Waals surface area contributed by atoms with E-state index in [0.29, 0.717) is 24.2 Å². The van der Waals surface area contributed by atoms with Crippen LogP contribution < -0.4 is 0 Å². The Hall–Kier alpha value is -2.75. The summed E-state index contributed by atoms with van der Waals surface area (Å²) in [6.07, 6.45) is 0.947. The summed E-state index contributed by atoms with van der Waals surface area (Å²) in [5.41, 5.74) is 5.80. The molecule has 0 spiro atoms. The zero-order valence-corrected chi connectivity index (χ0v) is 19.1. The van der Waals surface area contributed by atoms with E-state index in [4.69, 9.17) is 4.74 Å². The third-order valence-electron chi connectivity index (χ3n) is 5.48. The van der Waals surface area contributed by atoms with Gasteiger partial charge in [0.1, 0.15) is 5.76 Å². The van der Waals surface area contributed by atoms with Crippen LogP contribution in [0.1, 0.15) is 60.8 Å². The lowest BCUT2D eigenvalue weighted by Crippen LogP contribution is -2.22. The Morgan fingerprint density at radius 2 is 1.73 bits per heavy atom. The summed E-state index contributed by atoms with van der Waals surface area (Å²) in [6.45, 7) is 13.5. The van der Waals surface area contributed by atoms with Crippen molar-refractivity contribution in [2.24, 2.45) is 11.3 Å². The van der Waals surface area contributed by atoms with Crippen LogP contribution in [0.25, 0.3) is 5.57 Å². The molecule has 1 aliphatic rings. The number of Topliss-reactive ketones (excluding diaryl/α,β-unsaturated/α-hetero) is 1. The number of esters is 1. The molecule has 0 radical (unpaired) electrons. The first kappa shape index (κ1) is 21.9. The number of pyridine rings is 1. The molecular weight excluding hydrogens is 374 g/mol. The van der Waals surface area contributed by atoms with Gasteiger partial charge in [-0.3, -0.25) is 14.6 Å². The van der Waals surface area contributed by atoms with Crippen molar-refractivity contribution in [2.75, 3.05) is 0 Å². The molecule has 1 unspecified atom stereocenters. The highest BCUT2D eigenvalue weighted by Crippen LogP contribution is 2.40. The van der Waals surface area contributed by atoms with Gasteiger partial charge >= 0.3 is 5.97 Å². The molecule has 30 heavy (non-hydrogen) atoms. The monoisotopic (exact) mass is 405 g/mol. The van der Waals surface area contributed by atoms with Gasteiger partial charge in [-0.05, 0) is 77.3 Å². The van der Waals surface area contributed by atoms with Crippen LogP contribution >= 0.6 is 0 Å². The lowest BCUT2D eigenvalue weighted by Gasteiger charge is -2.18. The Morgan fingerprint density at radius 1 is 1.10 bits per heavy atom. The van der Waals surface area contributed by atoms with Gasteiger partial charge in [0.15, 0.2) is 5.78 Å². The Balaban J connectivity index is 2.04. The number of allylic oxidation sites excluding steroid dienone is 2. The molecule has 4 nitrogen and oxygen atoms in total. The van der Waals surface area contributed by atoms with Crippen molar-refractivity contribution >= 4 is 17.3 Å². The predicted molar refractivity (Wildman–Crippen MR) is 119 cm³/mol. The molecule has 4 heteroatoms. The topological polar surface area (TPSA) is 56.3 Å². The van der Waals surface area contributed by atoms with E-state index in [-0.39, 0.29) is 17.7 Å². The highest BCUT2D eigenvalue weighted by Gasteiger charge is 2.39. The third kappa shape index (κ3) is 4.53. The van der Waals surface area contributed by atoms with Crippen molar-refractivity contribution in [3.05, 3.63) is 69.7 Å². The normalized spacial score (nSPS) is 16.9. The minimum Gasteiger partial charge on any atom is -0.430 e. The molecule has 158 valence electrons. The number of carbonyl (C=O) groups is 2. The van der Waals surface area contributed by atoms with Crippen molar-refractivity contribution < 1.29 is 14.3 Å². The third-order valence-corrected chi connectivity index (χ3v) is 5.48. The van der Waals surface area contributed by atoms with Crippen LogP contribution in [0.3, 0.4) is 0 Å². The van der Waals surface area contributed by atoms with Gasteiger partial charge in [0.25, 0.3) is 0 Å². The maximum Gasteiger partial charge on any atom is 0.316 e. The molecule has 1 aliphatic carbocycles. The molecule has 1 aromatic heterocycles. The second kappa shape index (κ2) is 8.17. The van der Waals surface area contributed by atoms with E-state index in [2.05, 4.69) is 17.1 Å².